The van der Waals surface area contributed by atoms with Gasteiger partial charge >= 0.3 is 5.97 Å². The summed E-state index contributed by atoms with van der Waals surface area (Å²) >= 11 is 0. The highest BCUT2D eigenvalue weighted by molar-refractivity contribution is 5.92. The number of piperidine rings is 1. The molecule has 1 atom stereocenters. The minimum absolute atomic E-state index is 0.0366. The maximum Gasteiger partial charge on any atom is 0.378 e. The Bertz CT molecular complexity index is 442. The normalized spacial score (nSPS) is 23.3. The summed E-state index contributed by atoms with van der Waals surface area (Å²) in [5, 5.41) is 10.6. The van der Waals surface area contributed by atoms with Crippen LogP contribution in [0.4, 0.5) is 0 Å². The number of esters is 1. The number of nitrogens with two attached hydrogens (primary N) is 1. The highest BCUT2D eigenvalue weighted by Gasteiger charge is 2.39. The van der Waals surface area contributed by atoms with E-state index in [-0.39, 0.29) is 11.7 Å². The summed E-state index contributed by atoms with van der Waals surface area (Å²) in [4.78, 5) is 19.5. The average Bonchev–Trinajstić information content (AvgIpc) is 2.40. The number of ether oxygens (including phenoxy) is 1. The molecule has 0 bridgehead atoms. The quantitative estimate of drug-likeness (QED) is 0.396. The summed E-state index contributed by atoms with van der Waals surface area (Å²) in [7, 11) is 0. The maximum atomic E-state index is 11.9. The van der Waals surface area contributed by atoms with Crippen molar-refractivity contribution in [3.05, 3.63) is 24.3 Å². The number of amidine groups is 1. The van der Waals surface area contributed by atoms with Crippen LogP contribution in [0, 0.1) is 5.41 Å². The lowest BCUT2D eigenvalue weighted by atomic mass is 10.00. The van der Waals surface area contributed by atoms with Gasteiger partial charge in [0, 0.05) is 18.8 Å². The molecule has 0 saturated carbocycles. The number of hydrogen-bond donors (Lipinski definition) is 3. The third-order valence-electron chi connectivity index (χ3n) is 2.82. The zero-order valence-corrected chi connectivity index (χ0v) is 9.85. The second kappa shape index (κ2) is 5.09. The van der Waals surface area contributed by atoms with Crippen molar-refractivity contribution in [1.29, 1.82) is 5.41 Å². The molecule has 1 aromatic heterocycles. The molecule has 0 spiro atoms. The monoisotopic (exact) mass is 249 g/mol. The SMILES string of the molecule is N=C(N)C1(OC(=O)c2ncccn2)CCCCN1. The Morgan fingerprint density at radius 3 is 2.72 bits per heavy atom. The van der Waals surface area contributed by atoms with Crippen LogP contribution >= 0.6 is 0 Å². The van der Waals surface area contributed by atoms with Crippen LogP contribution in [0.25, 0.3) is 0 Å². The van der Waals surface area contributed by atoms with E-state index in [4.69, 9.17) is 15.9 Å². The van der Waals surface area contributed by atoms with E-state index >= 15 is 0 Å². The predicted molar refractivity (Wildman–Crippen MR) is 63.9 cm³/mol. The van der Waals surface area contributed by atoms with Gasteiger partial charge in [0.05, 0.1) is 0 Å². The first kappa shape index (κ1) is 12.4. The molecule has 1 fully saturated rings. The third-order valence-corrected chi connectivity index (χ3v) is 2.82. The first-order valence-electron chi connectivity index (χ1n) is 5.74. The Kier molecular flexibility index (Phi) is 3.52. The topological polar surface area (TPSA) is 114 Å². The Labute approximate surface area is 104 Å². The van der Waals surface area contributed by atoms with Crippen molar-refractivity contribution < 1.29 is 9.53 Å². The molecule has 7 heteroatoms. The standard InChI is InChI=1S/C11H15N5O2/c12-10(13)11(4-1-2-7-16-11)18-9(17)8-14-5-3-6-15-8/h3,5-6,16H,1-2,4,7H2,(H3,12,13). The van der Waals surface area contributed by atoms with Gasteiger partial charge < -0.3 is 10.5 Å². The largest absolute Gasteiger partial charge is 0.430 e. The average molecular weight is 249 g/mol. The molecule has 18 heavy (non-hydrogen) atoms. The second-order valence-corrected chi connectivity index (χ2v) is 4.09. The molecule has 2 rings (SSSR count). The van der Waals surface area contributed by atoms with Gasteiger partial charge in [-0.15, -0.1) is 0 Å². The molecule has 1 unspecified atom stereocenters. The molecular formula is C11H15N5O2. The van der Waals surface area contributed by atoms with Crippen molar-refractivity contribution in [3.63, 3.8) is 0 Å². The van der Waals surface area contributed by atoms with Crippen molar-refractivity contribution in [1.82, 2.24) is 15.3 Å². The van der Waals surface area contributed by atoms with Gasteiger partial charge in [-0.05, 0) is 25.5 Å². The van der Waals surface area contributed by atoms with Gasteiger partial charge in [-0.3, -0.25) is 10.7 Å². The fourth-order valence-corrected chi connectivity index (χ4v) is 1.86. The highest BCUT2D eigenvalue weighted by Crippen LogP contribution is 2.21. The summed E-state index contributed by atoms with van der Waals surface area (Å²) in [6.45, 7) is 0.655. The molecule has 0 aliphatic carbocycles. The van der Waals surface area contributed by atoms with E-state index in [9.17, 15) is 4.79 Å². The lowest BCUT2D eigenvalue weighted by Gasteiger charge is -2.36. The number of carbonyl (C=O) groups excluding carboxylic acids is 1. The van der Waals surface area contributed by atoms with Crippen LogP contribution in [0.15, 0.2) is 18.5 Å². The fraction of sp³-hybridized carbons (Fsp3) is 0.455. The van der Waals surface area contributed by atoms with Crippen LogP contribution in [-0.2, 0) is 4.74 Å². The van der Waals surface area contributed by atoms with E-state index in [1.54, 1.807) is 6.07 Å². The molecule has 2 heterocycles. The number of nitrogens with zero attached hydrogens (tertiary/aromatic N) is 2. The van der Waals surface area contributed by atoms with E-state index in [2.05, 4.69) is 15.3 Å². The summed E-state index contributed by atoms with van der Waals surface area (Å²) in [5.41, 5.74) is 4.32. The van der Waals surface area contributed by atoms with E-state index in [0.29, 0.717) is 13.0 Å². The van der Waals surface area contributed by atoms with Crippen molar-refractivity contribution in [2.24, 2.45) is 5.73 Å². The Hall–Kier alpha value is -2.02. The van der Waals surface area contributed by atoms with Crippen LogP contribution in [0.1, 0.15) is 29.9 Å². The summed E-state index contributed by atoms with van der Waals surface area (Å²) in [5.74, 6) is -0.919. The lowest BCUT2D eigenvalue weighted by molar-refractivity contribution is -0.0149. The van der Waals surface area contributed by atoms with E-state index in [0.717, 1.165) is 12.8 Å². The van der Waals surface area contributed by atoms with Crippen LogP contribution in [0.5, 0.6) is 0 Å². The number of carbonyl (C=O) groups is 1. The molecule has 0 aromatic carbocycles. The summed E-state index contributed by atoms with van der Waals surface area (Å²) < 4.78 is 5.30. The molecule has 1 aliphatic heterocycles. The summed E-state index contributed by atoms with van der Waals surface area (Å²) in [6, 6.07) is 1.61. The van der Waals surface area contributed by atoms with Gasteiger partial charge in [-0.2, -0.15) is 0 Å². The minimum atomic E-state index is -1.21. The van der Waals surface area contributed by atoms with Crippen LogP contribution in [0.3, 0.4) is 0 Å². The summed E-state index contributed by atoms with van der Waals surface area (Å²) in [6.07, 6.45) is 5.21. The van der Waals surface area contributed by atoms with E-state index in [1.807, 2.05) is 0 Å². The fourth-order valence-electron chi connectivity index (χ4n) is 1.86. The first-order chi connectivity index (χ1) is 8.64. The number of hydrogen-bond acceptors (Lipinski definition) is 6. The van der Waals surface area contributed by atoms with Gasteiger partial charge in [0.15, 0.2) is 5.84 Å². The van der Waals surface area contributed by atoms with Crippen LogP contribution in [-0.4, -0.2) is 34.0 Å². The predicted octanol–water partition coefficient (Wildman–Crippen LogP) is 0.0392. The van der Waals surface area contributed by atoms with Gasteiger partial charge in [0.2, 0.25) is 11.5 Å². The maximum absolute atomic E-state index is 11.9. The zero-order chi connectivity index (χ0) is 13.0. The minimum Gasteiger partial charge on any atom is -0.430 e. The lowest BCUT2D eigenvalue weighted by Crippen LogP contribution is -2.60. The van der Waals surface area contributed by atoms with Gasteiger partial charge in [-0.1, -0.05) is 0 Å². The van der Waals surface area contributed by atoms with Gasteiger partial charge in [0.1, 0.15) is 0 Å². The van der Waals surface area contributed by atoms with Gasteiger partial charge in [0.25, 0.3) is 0 Å². The Morgan fingerprint density at radius 2 is 2.17 bits per heavy atom. The third kappa shape index (κ3) is 2.45. The second-order valence-electron chi connectivity index (χ2n) is 4.09. The molecule has 1 saturated heterocycles. The van der Waals surface area contributed by atoms with Crippen molar-refractivity contribution in [2.75, 3.05) is 6.54 Å². The van der Waals surface area contributed by atoms with Crippen LogP contribution in [0.2, 0.25) is 0 Å². The van der Waals surface area contributed by atoms with Crippen molar-refractivity contribution in [3.8, 4) is 0 Å². The molecule has 7 nitrogen and oxygen atoms in total. The first-order valence-corrected chi connectivity index (χ1v) is 5.74. The number of aromatic nitrogens is 2. The van der Waals surface area contributed by atoms with Crippen LogP contribution < -0.4 is 11.1 Å². The Balaban J connectivity index is 2.15. The van der Waals surface area contributed by atoms with E-state index in [1.165, 1.54) is 12.4 Å². The molecule has 96 valence electrons. The Morgan fingerprint density at radius 1 is 1.44 bits per heavy atom. The smallest absolute Gasteiger partial charge is 0.378 e. The molecule has 4 N–H and O–H groups in total. The number of rotatable bonds is 3. The molecule has 0 amide bonds. The zero-order valence-electron chi connectivity index (χ0n) is 9.85. The molecular weight excluding hydrogens is 234 g/mol. The van der Waals surface area contributed by atoms with Crippen molar-refractivity contribution >= 4 is 11.8 Å². The number of nitrogens with one attached hydrogen (secondary N) is 2. The molecule has 1 aliphatic rings. The highest BCUT2D eigenvalue weighted by atomic mass is 16.6. The molecule has 1 aromatic rings. The molecule has 0 radical (unpaired) electrons. The van der Waals surface area contributed by atoms with Crippen molar-refractivity contribution in [2.45, 2.75) is 25.0 Å². The van der Waals surface area contributed by atoms with Gasteiger partial charge in [-0.25, -0.2) is 14.8 Å². The van der Waals surface area contributed by atoms with E-state index < -0.39 is 11.7 Å².